The molecular weight excluding hydrogens is 408 g/mol. The Morgan fingerprint density at radius 3 is 2.59 bits per heavy atom. The molecule has 0 saturated carbocycles. The molecule has 7 nitrogen and oxygen atoms in total. The van der Waals surface area contributed by atoms with Crippen molar-refractivity contribution >= 4 is 29.2 Å². The van der Waals surface area contributed by atoms with Gasteiger partial charge >= 0.3 is 5.97 Å². The zero-order valence-corrected chi connectivity index (χ0v) is 19.2. The molecule has 0 aliphatic carbocycles. The number of nitrogens with zero attached hydrogens (tertiary/aromatic N) is 1. The predicted octanol–water partition coefficient (Wildman–Crippen LogP) is 4.66. The number of hydrogen-bond donors (Lipinski definition) is 1. The molecule has 7 heteroatoms. The molecule has 2 aromatic carbocycles. The van der Waals surface area contributed by atoms with E-state index in [9.17, 15) is 14.4 Å². The number of rotatable bonds is 6. The van der Waals surface area contributed by atoms with Crippen molar-refractivity contribution in [3.63, 3.8) is 0 Å². The highest BCUT2D eigenvalue weighted by molar-refractivity contribution is 6.07. The largest absolute Gasteiger partial charge is 0.490 e. The normalized spacial score (nSPS) is 14.9. The quantitative estimate of drug-likeness (QED) is 0.524. The first-order valence-electron chi connectivity index (χ1n) is 10.8. The number of amides is 2. The number of ether oxygens (including phenoxy) is 2. The van der Waals surface area contributed by atoms with E-state index in [-0.39, 0.29) is 23.8 Å². The summed E-state index contributed by atoms with van der Waals surface area (Å²) in [4.78, 5) is 39.1. The van der Waals surface area contributed by atoms with Crippen LogP contribution in [0.25, 0.3) is 0 Å². The number of anilines is 2. The number of nitrogens with one attached hydrogen (secondary N) is 1. The lowest BCUT2D eigenvalue weighted by Crippen LogP contribution is -2.42. The first kappa shape index (κ1) is 23.3. The summed E-state index contributed by atoms with van der Waals surface area (Å²) in [6.45, 7) is 10.1. The van der Waals surface area contributed by atoms with Crippen LogP contribution in [0, 0.1) is 11.3 Å². The van der Waals surface area contributed by atoms with Crippen molar-refractivity contribution in [1.29, 1.82) is 0 Å². The van der Waals surface area contributed by atoms with E-state index < -0.39 is 17.3 Å². The third-order valence-electron chi connectivity index (χ3n) is 5.24. The Morgan fingerprint density at radius 1 is 1.19 bits per heavy atom. The summed E-state index contributed by atoms with van der Waals surface area (Å²) in [6.07, 6.45) is 0.868. The highest BCUT2D eigenvalue weighted by atomic mass is 16.5. The summed E-state index contributed by atoms with van der Waals surface area (Å²) in [5, 5.41) is 2.83. The Bertz CT molecular complexity index is 1030. The second-order valence-electron chi connectivity index (χ2n) is 9.04. The summed E-state index contributed by atoms with van der Waals surface area (Å²) in [6, 6.07) is 11.8. The maximum Gasteiger partial charge on any atom is 0.308 e. The van der Waals surface area contributed by atoms with Crippen LogP contribution in [0.15, 0.2) is 42.5 Å². The number of benzene rings is 2. The van der Waals surface area contributed by atoms with Gasteiger partial charge in [-0.3, -0.25) is 14.4 Å². The Kier molecular flexibility index (Phi) is 6.87. The van der Waals surface area contributed by atoms with Crippen molar-refractivity contribution < 1.29 is 23.9 Å². The molecular formula is C25H30N2O5. The molecule has 1 heterocycles. The lowest BCUT2D eigenvalue weighted by atomic mass is 9.92. The molecule has 32 heavy (non-hydrogen) atoms. The summed E-state index contributed by atoms with van der Waals surface area (Å²) in [5.74, 6) is 0.286. The summed E-state index contributed by atoms with van der Waals surface area (Å²) in [5.41, 5.74) is 0.790. The van der Waals surface area contributed by atoms with Gasteiger partial charge in [0.2, 0.25) is 5.91 Å². The van der Waals surface area contributed by atoms with E-state index in [4.69, 9.17) is 9.47 Å². The van der Waals surface area contributed by atoms with Crippen LogP contribution in [0.2, 0.25) is 0 Å². The fourth-order valence-corrected chi connectivity index (χ4v) is 3.43. The monoisotopic (exact) mass is 438 g/mol. The van der Waals surface area contributed by atoms with Crippen LogP contribution >= 0.6 is 0 Å². The van der Waals surface area contributed by atoms with Gasteiger partial charge in [-0.2, -0.15) is 0 Å². The van der Waals surface area contributed by atoms with Crippen molar-refractivity contribution in [3.8, 4) is 11.5 Å². The van der Waals surface area contributed by atoms with Gasteiger partial charge in [0, 0.05) is 25.2 Å². The van der Waals surface area contributed by atoms with E-state index in [0.29, 0.717) is 29.6 Å². The van der Waals surface area contributed by atoms with Crippen molar-refractivity contribution in [1.82, 2.24) is 0 Å². The predicted molar refractivity (Wildman–Crippen MR) is 123 cm³/mol. The second kappa shape index (κ2) is 9.42. The molecule has 0 aromatic heterocycles. The van der Waals surface area contributed by atoms with Crippen LogP contribution in [-0.2, 0) is 9.59 Å². The van der Waals surface area contributed by atoms with Gasteiger partial charge in [0.05, 0.1) is 16.7 Å². The summed E-state index contributed by atoms with van der Waals surface area (Å²) < 4.78 is 11.1. The summed E-state index contributed by atoms with van der Waals surface area (Å²) in [7, 11) is 0. The lowest BCUT2D eigenvalue weighted by Gasteiger charge is -2.28. The number of carbonyl (C=O) groups is 3. The van der Waals surface area contributed by atoms with Gasteiger partial charge in [0.1, 0.15) is 18.1 Å². The third-order valence-corrected chi connectivity index (χ3v) is 5.24. The number of hydrogen-bond acceptors (Lipinski definition) is 5. The van der Waals surface area contributed by atoms with Gasteiger partial charge < -0.3 is 19.7 Å². The molecule has 3 rings (SSSR count). The average molecular weight is 439 g/mol. The van der Waals surface area contributed by atoms with Gasteiger partial charge in [-0.15, -0.1) is 0 Å². The number of para-hydroxylation sites is 1. The highest BCUT2D eigenvalue weighted by Crippen LogP contribution is 2.38. The minimum atomic E-state index is -0.664. The van der Waals surface area contributed by atoms with E-state index >= 15 is 0 Å². The standard InChI is InChI=1S/C25H30N2O5/c1-16(2)12-13-27-20-11-10-18(14-22(20)31-15-25(4,5)24(27)30)26-23(29)19-8-6-7-9-21(19)32-17(3)28/h6-11,14,16H,12-13,15H2,1-5H3,(H,26,29). The molecule has 2 aromatic rings. The number of fused-ring (bicyclic) bond motifs is 1. The molecule has 0 bridgehead atoms. The molecule has 0 spiro atoms. The van der Waals surface area contributed by atoms with E-state index in [2.05, 4.69) is 19.2 Å². The topological polar surface area (TPSA) is 84.9 Å². The Morgan fingerprint density at radius 2 is 1.91 bits per heavy atom. The van der Waals surface area contributed by atoms with Gasteiger partial charge in [-0.05, 0) is 50.5 Å². The fourth-order valence-electron chi connectivity index (χ4n) is 3.43. The van der Waals surface area contributed by atoms with Gasteiger partial charge in [-0.1, -0.05) is 26.0 Å². The molecule has 2 amide bonds. The molecule has 0 atom stereocenters. The van der Waals surface area contributed by atoms with Crippen molar-refractivity contribution in [2.24, 2.45) is 11.3 Å². The van der Waals surface area contributed by atoms with Crippen molar-refractivity contribution in [2.75, 3.05) is 23.4 Å². The van der Waals surface area contributed by atoms with Gasteiger partial charge in [0.15, 0.2) is 0 Å². The maximum atomic E-state index is 13.2. The van der Waals surface area contributed by atoms with Gasteiger partial charge in [-0.25, -0.2) is 0 Å². The smallest absolute Gasteiger partial charge is 0.308 e. The van der Waals surface area contributed by atoms with Crippen LogP contribution in [0.1, 0.15) is 51.4 Å². The van der Waals surface area contributed by atoms with E-state index in [1.165, 1.54) is 6.92 Å². The molecule has 0 radical (unpaired) electrons. The first-order chi connectivity index (χ1) is 15.1. The minimum absolute atomic E-state index is 0.0176. The Hall–Kier alpha value is -3.35. The van der Waals surface area contributed by atoms with Gasteiger partial charge in [0.25, 0.3) is 5.91 Å². The molecule has 1 aliphatic heterocycles. The Balaban J connectivity index is 1.88. The van der Waals surface area contributed by atoms with Crippen molar-refractivity contribution in [2.45, 2.75) is 41.0 Å². The lowest BCUT2D eigenvalue weighted by molar-refractivity contribution is -0.132. The molecule has 170 valence electrons. The number of carbonyl (C=O) groups excluding carboxylic acids is 3. The zero-order chi connectivity index (χ0) is 23.5. The molecule has 1 N–H and O–H groups in total. The maximum absolute atomic E-state index is 13.2. The minimum Gasteiger partial charge on any atom is -0.490 e. The Labute approximate surface area is 188 Å². The second-order valence-corrected chi connectivity index (χ2v) is 9.04. The van der Waals surface area contributed by atoms with Crippen LogP contribution in [-0.4, -0.2) is 30.9 Å². The zero-order valence-electron chi connectivity index (χ0n) is 19.2. The van der Waals surface area contributed by atoms with E-state index in [1.54, 1.807) is 47.4 Å². The molecule has 0 saturated heterocycles. The average Bonchev–Trinajstić information content (AvgIpc) is 2.81. The summed E-state index contributed by atoms with van der Waals surface area (Å²) >= 11 is 0. The molecule has 1 aliphatic rings. The number of esters is 1. The fraction of sp³-hybridized carbons (Fsp3) is 0.400. The van der Waals surface area contributed by atoms with Crippen LogP contribution in [0.5, 0.6) is 11.5 Å². The van der Waals surface area contributed by atoms with Crippen LogP contribution < -0.4 is 19.7 Å². The molecule has 0 fully saturated rings. The van der Waals surface area contributed by atoms with Crippen LogP contribution in [0.3, 0.4) is 0 Å². The van der Waals surface area contributed by atoms with Crippen LogP contribution in [0.4, 0.5) is 11.4 Å². The van der Waals surface area contributed by atoms with E-state index in [1.807, 2.05) is 13.8 Å². The highest BCUT2D eigenvalue weighted by Gasteiger charge is 2.37. The SMILES string of the molecule is CC(=O)Oc1ccccc1C(=O)Nc1ccc2c(c1)OCC(C)(C)C(=O)N2CCC(C)C. The van der Waals surface area contributed by atoms with Crippen molar-refractivity contribution in [3.05, 3.63) is 48.0 Å². The molecule has 0 unspecified atom stereocenters. The van der Waals surface area contributed by atoms with E-state index in [0.717, 1.165) is 6.42 Å². The first-order valence-corrected chi connectivity index (χ1v) is 10.8. The third kappa shape index (κ3) is 5.28.